The van der Waals surface area contributed by atoms with Crippen LogP contribution in [0.2, 0.25) is 0 Å². The Hall–Kier alpha value is -7.45. The van der Waals surface area contributed by atoms with Gasteiger partial charge in [-0.25, -0.2) is 4.98 Å². The van der Waals surface area contributed by atoms with Gasteiger partial charge in [0.1, 0.15) is 42.3 Å². The predicted molar refractivity (Wildman–Crippen MR) is 288 cm³/mol. The number of nitrogens with zero attached hydrogens (tertiary/aromatic N) is 3. The van der Waals surface area contributed by atoms with Gasteiger partial charge in [-0.2, -0.15) is 25.3 Å². The molecule has 1 saturated heterocycles. The molecule has 410 valence electrons. The van der Waals surface area contributed by atoms with Crippen molar-refractivity contribution in [2.24, 2.45) is 16.5 Å². The van der Waals surface area contributed by atoms with Gasteiger partial charge in [-0.15, -0.1) is 0 Å². The van der Waals surface area contributed by atoms with Crippen molar-refractivity contribution in [3.63, 3.8) is 0 Å². The number of benzene rings is 2. The number of thiol groups is 2. The fourth-order valence-corrected chi connectivity index (χ4v) is 9.21. The maximum atomic E-state index is 14.7. The molecule has 2 aromatic carbocycles. The van der Waals surface area contributed by atoms with Crippen molar-refractivity contribution < 1.29 is 48.3 Å². The highest BCUT2D eigenvalue weighted by Gasteiger charge is 2.38. The number of nitrogens with one attached hydrogen (secondary N) is 9. The quantitative estimate of drug-likeness (QED) is 0.0124. The Morgan fingerprint density at radius 2 is 1.28 bits per heavy atom. The molecule has 0 saturated carbocycles. The Morgan fingerprint density at radius 1 is 0.711 bits per heavy atom. The van der Waals surface area contributed by atoms with E-state index in [2.05, 4.69) is 82.4 Å². The molecule has 76 heavy (non-hydrogen) atoms. The summed E-state index contributed by atoms with van der Waals surface area (Å²) in [5.74, 6) is -6.51. The molecule has 0 bridgehead atoms. The maximum Gasteiger partial charge on any atom is 0.248 e. The van der Waals surface area contributed by atoms with Gasteiger partial charge in [0.2, 0.25) is 47.3 Å². The van der Waals surface area contributed by atoms with Crippen LogP contribution in [-0.2, 0) is 62.4 Å². The van der Waals surface area contributed by atoms with E-state index in [1.54, 1.807) is 42.6 Å². The number of Topliss-reactive ketones (excluding diaryl/α,β-unsaturated/α-hetero) is 1. The molecule has 3 heterocycles. The van der Waals surface area contributed by atoms with Crippen LogP contribution >= 0.6 is 25.3 Å². The van der Waals surface area contributed by atoms with E-state index in [1.807, 2.05) is 18.2 Å². The smallest absolute Gasteiger partial charge is 0.248 e. The zero-order valence-electron chi connectivity index (χ0n) is 42.3. The third kappa shape index (κ3) is 17.6. The number of aliphatic hydroxyl groups excluding tert-OH is 1. The lowest BCUT2D eigenvalue weighted by Crippen LogP contribution is -2.61. The van der Waals surface area contributed by atoms with Gasteiger partial charge >= 0.3 is 0 Å². The molecule has 1 aliphatic rings. The molecule has 8 amide bonds. The van der Waals surface area contributed by atoms with E-state index in [0.29, 0.717) is 29.7 Å². The number of likely N-dealkylation sites (tertiary alicyclic amines) is 1. The van der Waals surface area contributed by atoms with Crippen LogP contribution in [0.5, 0.6) is 0 Å². The van der Waals surface area contributed by atoms with Gasteiger partial charge in [-0.1, -0.05) is 48.5 Å². The molecule has 1 fully saturated rings. The van der Waals surface area contributed by atoms with Crippen molar-refractivity contribution in [1.29, 1.82) is 0 Å². The number of para-hydroxylation sites is 1. The first-order valence-corrected chi connectivity index (χ1v) is 26.0. The van der Waals surface area contributed by atoms with Crippen molar-refractivity contribution in [3.8, 4) is 0 Å². The highest BCUT2D eigenvalue weighted by molar-refractivity contribution is 7.80. The topological polar surface area (TPSA) is 370 Å². The summed E-state index contributed by atoms with van der Waals surface area (Å²) in [6.45, 7) is 2.09. The largest absolute Gasteiger partial charge is 0.394 e. The summed E-state index contributed by atoms with van der Waals surface area (Å²) >= 11 is 8.52. The van der Waals surface area contributed by atoms with Crippen LogP contribution in [0.1, 0.15) is 62.8 Å². The van der Waals surface area contributed by atoms with E-state index in [-0.39, 0.29) is 74.9 Å². The average molecular weight is 1090 g/mol. The van der Waals surface area contributed by atoms with Crippen LogP contribution in [0, 0.1) is 0 Å². The second kappa shape index (κ2) is 29.6. The third-order valence-corrected chi connectivity index (χ3v) is 13.2. The summed E-state index contributed by atoms with van der Waals surface area (Å²) in [7, 11) is 0. The van der Waals surface area contributed by atoms with Crippen LogP contribution < -0.4 is 48.7 Å². The van der Waals surface area contributed by atoms with E-state index in [1.165, 1.54) is 31.3 Å². The maximum absolute atomic E-state index is 14.7. The molecule has 0 spiro atoms. The van der Waals surface area contributed by atoms with Gasteiger partial charge in [0.25, 0.3) is 0 Å². The Kier molecular flexibility index (Phi) is 23.1. The molecule has 0 unspecified atom stereocenters. The number of carbonyl (C=O) groups is 9. The number of nitrogens with two attached hydrogens (primary N) is 2. The van der Waals surface area contributed by atoms with Crippen molar-refractivity contribution >= 4 is 95.2 Å². The van der Waals surface area contributed by atoms with E-state index in [4.69, 9.17) is 11.5 Å². The number of aromatic nitrogens is 3. The highest BCUT2D eigenvalue weighted by Crippen LogP contribution is 2.21. The van der Waals surface area contributed by atoms with Crippen molar-refractivity contribution in [3.05, 3.63) is 90.1 Å². The Bertz CT molecular complexity index is 2670. The summed E-state index contributed by atoms with van der Waals surface area (Å²) in [4.78, 5) is 139. The lowest BCUT2D eigenvalue weighted by atomic mass is 10.0. The van der Waals surface area contributed by atoms with E-state index < -0.39 is 102 Å². The SMILES string of the molecule is CC(=O)N[C@@H](CCS)C(=O)N[C@@H](Cc1cnc[nH]1)C(=O)N[C@H](Cc1ccccc1)C(=O)N[C@@H](CCCN=C(N)N)C(=O)N[C@@H](Cc1c[nH]c2ccccc12)C(=O)N[C@@H](CS)C(=O)N[C@@H](CO)C(=O)N1CCC[C@H]1C(C)=O. The lowest BCUT2D eigenvalue weighted by molar-refractivity contribution is -0.141. The number of fused-ring (bicyclic) bond motifs is 1. The number of aliphatic imine (C=N–C) groups is 1. The number of carbonyl (C=O) groups excluding carboxylic acids is 9. The van der Waals surface area contributed by atoms with Gasteiger partial charge in [-0.05, 0) is 62.0 Å². The monoisotopic (exact) mass is 1090 g/mol. The normalized spacial score (nSPS) is 15.9. The van der Waals surface area contributed by atoms with Gasteiger partial charge in [0.15, 0.2) is 11.7 Å². The minimum Gasteiger partial charge on any atom is -0.394 e. The summed E-state index contributed by atoms with van der Waals surface area (Å²) in [5.41, 5.74) is 13.6. The number of hydrogen-bond acceptors (Lipinski definition) is 14. The van der Waals surface area contributed by atoms with Gasteiger partial charge in [-0.3, -0.25) is 48.1 Å². The zero-order valence-corrected chi connectivity index (χ0v) is 44.0. The second-order valence-corrected chi connectivity index (χ2v) is 19.1. The van der Waals surface area contributed by atoms with Crippen molar-refractivity contribution in [2.45, 2.75) is 114 Å². The number of hydrogen-bond donors (Lipinski definition) is 14. The molecular formula is C50H68N14O10S2. The zero-order chi connectivity index (χ0) is 55.3. The number of aliphatic hydroxyl groups is 1. The minimum atomic E-state index is -1.45. The molecule has 5 rings (SSSR count). The first kappa shape index (κ1) is 59.4. The molecule has 2 aromatic heterocycles. The summed E-state index contributed by atoms with van der Waals surface area (Å²) in [6, 6.07) is 5.85. The van der Waals surface area contributed by atoms with Gasteiger partial charge in [0, 0.05) is 74.0 Å². The molecule has 24 nitrogen and oxygen atoms in total. The Balaban J connectivity index is 1.43. The van der Waals surface area contributed by atoms with Crippen molar-refractivity contribution in [2.75, 3.05) is 31.2 Å². The first-order valence-electron chi connectivity index (χ1n) is 24.8. The number of ketones is 1. The molecule has 1 aliphatic heterocycles. The lowest BCUT2D eigenvalue weighted by Gasteiger charge is -2.29. The molecule has 26 heteroatoms. The van der Waals surface area contributed by atoms with E-state index in [0.717, 1.165) is 10.9 Å². The van der Waals surface area contributed by atoms with Crippen LogP contribution in [0.15, 0.2) is 78.3 Å². The number of guanidine groups is 1. The summed E-state index contributed by atoms with van der Waals surface area (Å²) < 4.78 is 0. The second-order valence-electron chi connectivity index (χ2n) is 18.3. The Labute approximate surface area is 450 Å². The molecule has 0 aliphatic carbocycles. The number of amides is 8. The van der Waals surface area contributed by atoms with Crippen LogP contribution in [0.25, 0.3) is 10.9 Å². The molecule has 0 radical (unpaired) electrons. The fraction of sp³-hybridized carbons (Fsp3) is 0.460. The van der Waals surface area contributed by atoms with Crippen LogP contribution in [0.3, 0.4) is 0 Å². The fourth-order valence-electron chi connectivity index (χ4n) is 8.70. The number of aromatic amines is 2. The predicted octanol–water partition coefficient (Wildman–Crippen LogP) is -1.79. The average Bonchev–Trinajstić information content (AvgIpc) is 4.20. The third-order valence-electron chi connectivity index (χ3n) is 12.6. The van der Waals surface area contributed by atoms with E-state index in [9.17, 15) is 48.3 Å². The van der Waals surface area contributed by atoms with Crippen LogP contribution in [0.4, 0.5) is 0 Å². The Morgan fingerprint density at radius 3 is 1.87 bits per heavy atom. The molecule has 8 atom stereocenters. The molecular weight excluding hydrogens is 1020 g/mol. The number of imidazole rings is 1. The van der Waals surface area contributed by atoms with Gasteiger partial charge < -0.3 is 68.7 Å². The van der Waals surface area contributed by atoms with Gasteiger partial charge in [0.05, 0.1) is 19.0 Å². The standard InChI is InChI=1S/C50H68N14O10S2/c1-28(66)42-15-9-18-64(42)49(74)40(25-65)62-48(73)41(26-76)63-46(71)38(21-31-23-55-34-13-7-6-12-33(31)34)60-43(68)35(14-8-17-54-50(51)52)58-45(70)37(20-30-10-4-3-5-11-30)59-47(72)39(22-32-24-53-27-56-32)61-44(69)36(16-19-75)57-29(2)67/h3-7,10-13,23-24,27,35-42,55,65,75-76H,8-9,14-22,25-26H2,1-2H3,(H,53,56)(H,57,67)(H,58,70)(H,59,72)(H,60,68)(H,61,69)(H,62,73)(H,63,71)(H4,51,52,54)/t35-,36-,37+,38-,39-,40-,41-,42-/m0/s1. The van der Waals surface area contributed by atoms with Crippen LogP contribution in [-0.4, -0.2) is 163 Å². The number of rotatable bonds is 29. The summed E-state index contributed by atoms with van der Waals surface area (Å²) in [5, 5.41) is 29.6. The van der Waals surface area contributed by atoms with E-state index >= 15 is 0 Å². The minimum absolute atomic E-state index is 0.0380. The number of H-pyrrole nitrogens is 2. The van der Waals surface area contributed by atoms with Crippen molar-refractivity contribution in [1.82, 2.24) is 57.1 Å². The molecule has 14 N–H and O–H groups in total. The summed E-state index contributed by atoms with van der Waals surface area (Å²) in [6.07, 6.45) is 5.38. The highest BCUT2D eigenvalue weighted by atomic mass is 32.1. The molecule has 4 aromatic rings. The first-order chi connectivity index (χ1) is 36.4.